The molecule has 3 heterocycles. The first kappa shape index (κ1) is 18.0. The Bertz CT molecular complexity index is 989. The van der Waals surface area contributed by atoms with E-state index in [4.69, 9.17) is 20.2 Å². The molecule has 140 valence electrons. The van der Waals surface area contributed by atoms with E-state index in [1.807, 2.05) is 30.3 Å². The van der Waals surface area contributed by atoms with Gasteiger partial charge >= 0.3 is 0 Å². The van der Waals surface area contributed by atoms with E-state index in [2.05, 4.69) is 23.8 Å². The molecule has 3 aromatic rings. The first-order valence-corrected chi connectivity index (χ1v) is 9.78. The monoisotopic (exact) mass is 382 g/mol. The van der Waals surface area contributed by atoms with Gasteiger partial charge in [-0.2, -0.15) is 0 Å². The Morgan fingerprint density at radius 3 is 2.70 bits per heavy atom. The molecular formula is C20H22N4O2S. The SMILES string of the molecule is COc1ccc(CSc2nc(N)c3cc4c(nc3n2)CC(C)(C)OC4)cc1. The van der Waals surface area contributed by atoms with Crippen LogP contribution in [0.2, 0.25) is 0 Å². The van der Waals surface area contributed by atoms with Crippen LogP contribution >= 0.6 is 11.8 Å². The molecular weight excluding hydrogens is 360 g/mol. The summed E-state index contributed by atoms with van der Waals surface area (Å²) in [6.07, 6.45) is 0.760. The molecule has 0 atom stereocenters. The number of hydrogen-bond donors (Lipinski definition) is 1. The summed E-state index contributed by atoms with van der Waals surface area (Å²) < 4.78 is 11.1. The summed E-state index contributed by atoms with van der Waals surface area (Å²) in [4.78, 5) is 13.9. The molecule has 0 saturated carbocycles. The van der Waals surface area contributed by atoms with Gasteiger partial charge in [-0.1, -0.05) is 23.9 Å². The van der Waals surface area contributed by atoms with Gasteiger partial charge in [0.2, 0.25) is 0 Å². The molecule has 0 radical (unpaired) electrons. The average Bonchev–Trinajstić information content (AvgIpc) is 2.65. The molecule has 7 heteroatoms. The fourth-order valence-electron chi connectivity index (χ4n) is 3.07. The zero-order valence-corrected chi connectivity index (χ0v) is 16.5. The van der Waals surface area contributed by atoms with Crippen LogP contribution in [0.5, 0.6) is 5.75 Å². The van der Waals surface area contributed by atoms with Crippen LogP contribution in [0, 0.1) is 0 Å². The smallest absolute Gasteiger partial charge is 0.191 e. The Labute approximate surface area is 162 Å². The van der Waals surface area contributed by atoms with Gasteiger partial charge in [0.05, 0.1) is 30.4 Å². The van der Waals surface area contributed by atoms with Crippen LogP contribution in [0.1, 0.15) is 30.7 Å². The molecule has 1 aromatic carbocycles. The zero-order valence-electron chi connectivity index (χ0n) is 15.7. The molecule has 0 saturated heterocycles. The van der Waals surface area contributed by atoms with Crippen molar-refractivity contribution in [3.63, 3.8) is 0 Å². The number of nitrogens with two attached hydrogens (primary N) is 1. The molecule has 0 unspecified atom stereocenters. The van der Waals surface area contributed by atoms with Gasteiger partial charge in [0.25, 0.3) is 0 Å². The largest absolute Gasteiger partial charge is 0.497 e. The molecule has 0 amide bonds. The van der Waals surface area contributed by atoms with Crippen molar-refractivity contribution < 1.29 is 9.47 Å². The van der Waals surface area contributed by atoms with Crippen molar-refractivity contribution in [3.05, 3.63) is 47.2 Å². The quantitative estimate of drug-likeness (QED) is 0.543. The molecule has 2 N–H and O–H groups in total. The highest BCUT2D eigenvalue weighted by Gasteiger charge is 2.27. The van der Waals surface area contributed by atoms with Crippen molar-refractivity contribution in [1.29, 1.82) is 0 Å². The number of nitrogens with zero attached hydrogens (tertiary/aromatic N) is 3. The first-order chi connectivity index (χ1) is 12.9. The zero-order chi connectivity index (χ0) is 19.0. The van der Waals surface area contributed by atoms with E-state index in [1.165, 1.54) is 5.56 Å². The van der Waals surface area contributed by atoms with Crippen molar-refractivity contribution in [1.82, 2.24) is 15.0 Å². The Morgan fingerprint density at radius 2 is 1.96 bits per heavy atom. The van der Waals surface area contributed by atoms with Gasteiger partial charge in [0.1, 0.15) is 11.6 Å². The summed E-state index contributed by atoms with van der Waals surface area (Å²) in [7, 11) is 1.66. The van der Waals surface area contributed by atoms with Crippen LogP contribution in [-0.2, 0) is 23.5 Å². The lowest BCUT2D eigenvalue weighted by molar-refractivity contribution is -0.0411. The highest BCUT2D eigenvalue weighted by molar-refractivity contribution is 7.98. The maximum Gasteiger partial charge on any atom is 0.191 e. The minimum Gasteiger partial charge on any atom is -0.497 e. The van der Waals surface area contributed by atoms with E-state index in [0.29, 0.717) is 23.2 Å². The van der Waals surface area contributed by atoms with Crippen molar-refractivity contribution in [2.24, 2.45) is 0 Å². The number of nitrogen functional groups attached to an aromatic ring is 1. The first-order valence-electron chi connectivity index (χ1n) is 8.79. The van der Waals surface area contributed by atoms with Gasteiger partial charge in [-0.3, -0.25) is 0 Å². The van der Waals surface area contributed by atoms with Gasteiger partial charge < -0.3 is 15.2 Å². The maximum absolute atomic E-state index is 6.19. The predicted octanol–water partition coefficient (Wildman–Crippen LogP) is 3.76. The lowest BCUT2D eigenvalue weighted by Gasteiger charge is -2.31. The number of benzene rings is 1. The Morgan fingerprint density at radius 1 is 1.19 bits per heavy atom. The number of aromatic nitrogens is 3. The summed E-state index contributed by atoms with van der Waals surface area (Å²) >= 11 is 1.55. The number of pyridine rings is 1. The van der Waals surface area contributed by atoms with Gasteiger partial charge in [0.15, 0.2) is 10.8 Å². The van der Waals surface area contributed by atoms with Crippen LogP contribution in [0.15, 0.2) is 35.5 Å². The van der Waals surface area contributed by atoms with E-state index in [0.717, 1.165) is 34.6 Å². The average molecular weight is 382 g/mol. The third-order valence-electron chi connectivity index (χ3n) is 4.60. The lowest BCUT2D eigenvalue weighted by Crippen LogP contribution is -2.32. The summed E-state index contributed by atoms with van der Waals surface area (Å²) in [5.74, 6) is 2.05. The maximum atomic E-state index is 6.19. The molecule has 2 aromatic heterocycles. The third kappa shape index (κ3) is 3.84. The number of rotatable bonds is 4. The van der Waals surface area contributed by atoms with Crippen LogP contribution in [0.4, 0.5) is 5.82 Å². The van der Waals surface area contributed by atoms with E-state index in [-0.39, 0.29) is 5.60 Å². The Kier molecular flexibility index (Phi) is 4.65. The molecule has 0 bridgehead atoms. The van der Waals surface area contributed by atoms with Gasteiger partial charge in [-0.05, 0) is 37.6 Å². The van der Waals surface area contributed by atoms with Crippen LogP contribution in [0.3, 0.4) is 0 Å². The topological polar surface area (TPSA) is 83.2 Å². The standard InChI is InChI=1S/C20H22N4O2S/c1-20(2)9-16-13(10-26-20)8-15-17(21)23-19(24-18(15)22-16)27-11-12-4-6-14(25-3)7-5-12/h4-8H,9-11H2,1-3H3,(H2,21,22,23,24). The fourth-order valence-corrected chi connectivity index (χ4v) is 3.88. The van der Waals surface area contributed by atoms with Crippen LogP contribution in [-0.4, -0.2) is 27.7 Å². The second kappa shape index (κ2) is 6.98. The van der Waals surface area contributed by atoms with Crippen molar-refractivity contribution >= 4 is 28.6 Å². The van der Waals surface area contributed by atoms with Crippen molar-refractivity contribution in [3.8, 4) is 5.75 Å². The second-order valence-corrected chi connectivity index (χ2v) is 8.16. The van der Waals surface area contributed by atoms with E-state index in [9.17, 15) is 0 Å². The summed E-state index contributed by atoms with van der Waals surface area (Å²) in [6, 6.07) is 9.98. The molecule has 6 nitrogen and oxygen atoms in total. The fraction of sp³-hybridized carbons (Fsp3) is 0.350. The summed E-state index contributed by atoms with van der Waals surface area (Å²) in [6.45, 7) is 4.69. The second-order valence-electron chi connectivity index (χ2n) is 7.22. The van der Waals surface area contributed by atoms with Crippen molar-refractivity contribution in [2.75, 3.05) is 12.8 Å². The number of fused-ring (bicyclic) bond motifs is 2. The highest BCUT2D eigenvalue weighted by atomic mass is 32.2. The van der Waals surface area contributed by atoms with Gasteiger partial charge in [0, 0.05) is 17.7 Å². The molecule has 1 aliphatic heterocycles. The number of hydrogen-bond acceptors (Lipinski definition) is 7. The molecule has 0 fully saturated rings. The molecule has 0 spiro atoms. The number of thioether (sulfide) groups is 1. The van der Waals surface area contributed by atoms with E-state index < -0.39 is 0 Å². The van der Waals surface area contributed by atoms with Gasteiger partial charge in [-0.25, -0.2) is 15.0 Å². The third-order valence-corrected chi connectivity index (χ3v) is 5.52. The Hall–Kier alpha value is -2.38. The predicted molar refractivity (Wildman–Crippen MR) is 107 cm³/mol. The highest BCUT2D eigenvalue weighted by Crippen LogP contribution is 2.31. The normalized spacial score (nSPS) is 15.5. The van der Waals surface area contributed by atoms with Crippen LogP contribution in [0.25, 0.3) is 11.0 Å². The lowest BCUT2D eigenvalue weighted by atomic mass is 9.95. The summed E-state index contributed by atoms with van der Waals surface area (Å²) in [5.41, 5.74) is 9.89. The molecule has 4 rings (SSSR count). The number of ether oxygens (including phenoxy) is 2. The van der Waals surface area contributed by atoms with E-state index in [1.54, 1.807) is 18.9 Å². The number of anilines is 1. The number of methoxy groups -OCH3 is 1. The van der Waals surface area contributed by atoms with Gasteiger partial charge in [-0.15, -0.1) is 0 Å². The minimum absolute atomic E-state index is 0.210. The molecule has 1 aliphatic rings. The Balaban J connectivity index is 1.60. The summed E-state index contributed by atoms with van der Waals surface area (Å²) in [5, 5.41) is 1.42. The molecule has 0 aliphatic carbocycles. The minimum atomic E-state index is -0.210. The molecule has 27 heavy (non-hydrogen) atoms. The van der Waals surface area contributed by atoms with E-state index >= 15 is 0 Å². The van der Waals surface area contributed by atoms with Crippen LogP contribution < -0.4 is 10.5 Å². The van der Waals surface area contributed by atoms with Crippen molar-refractivity contribution in [2.45, 2.75) is 43.4 Å².